The Morgan fingerprint density at radius 2 is 2.23 bits per heavy atom. The first-order valence-electron chi connectivity index (χ1n) is 7.56. The van der Waals surface area contributed by atoms with Gasteiger partial charge in [-0.15, -0.1) is 0 Å². The fraction of sp³-hybridized carbons (Fsp3) is 0.312. The van der Waals surface area contributed by atoms with Crippen LogP contribution in [0.4, 0.5) is 0 Å². The molecule has 1 aliphatic rings. The van der Waals surface area contributed by atoms with E-state index >= 15 is 0 Å². The van der Waals surface area contributed by atoms with Gasteiger partial charge in [-0.1, -0.05) is 0 Å². The Morgan fingerprint density at radius 3 is 3.09 bits per heavy atom. The van der Waals surface area contributed by atoms with Crippen molar-refractivity contribution >= 4 is 16.9 Å². The molecule has 6 nitrogen and oxygen atoms in total. The SMILES string of the molecule is O=C(c1ccc2nc[nH]c2c1)N1CCCC[C@@H]1c1ccn[nH]1. The average Bonchev–Trinajstić information content (AvgIpc) is 3.24. The molecule has 1 fully saturated rings. The quantitative estimate of drug-likeness (QED) is 0.763. The number of hydrogen-bond donors (Lipinski definition) is 2. The minimum Gasteiger partial charge on any atom is -0.345 e. The van der Waals surface area contributed by atoms with Crippen LogP contribution in [0, 0.1) is 0 Å². The van der Waals surface area contributed by atoms with Crippen LogP contribution in [0.3, 0.4) is 0 Å². The number of aromatic amines is 2. The third kappa shape index (κ3) is 2.16. The lowest BCUT2D eigenvalue weighted by Crippen LogP contribution is -2.38. The van der Waals surface area contributed by atoms with Gasteiger partial charge in [-0.3, -0.25) is 9.89 Å². The molecule has 3 heterocycles. The Labute approximate surface area is 127 Å². The van der Waals surface area contributed by atoms with Gasteiger partial charge in [0, 0.05) is 18.3 Å². The first-order chi connectivity index (χ1) is 10.8. The molecule has 0 bridgehead atoms. The zero-order chi connectivity index (χ0) is 14.9. The Bertz CT molecular complexity index is 792. The van der Waals surface area contributed by atoms with E-state index in [1.165, 1.54) is 0 Å². The van der Waals surface area contributed by atoms with Gasteiger partial charge >= 0.3 is 0 Å². The molecule has 1 aromatic carbocycles. The van der Waals surface area contributed by atoms with Gasteiger partial charge in [-0.05, 0) is 43.5 Å². The van der Waals surface area contributed by atoms with Crippen molar-refractivity contribution < 1.29 is 4.79 Å². The maximum absolute atomic E-state index is 12.9. The van der Waals surface area contributed by atoms with Crippen molar-refractivity contribution in [3.8, 4) is 0 Å². The molecule has 1 aliphatic heterocycles. The van der Waals surface area contributed by atoms with Crippen LogP contribution in [0.15, 0.2) is 36.8 Å². The predicted octanol–water partition coefficient (Wildman–Crippen LogP) is 2.65. The van der Waals surface area contributed by atoms with Gasteiger partial charge < -0.3 is 9.88 Å². The molecule has 6 heteroatoms. The number of carbonyl (C=O) groups is 1. The summed E-state index contributed by atoms with van der Waals surface area (Å²) in [5.74, 6) is 0.0656. The lowest BCUT2D eigenvalue weighted by atomic mass is 9.98. The van der Waals surface area contributed by atoms with Crippen LogP contribution < -0.4 is 0 Å². The van der Waals surface area contributed by atoms with Crippen LogP contribution in [-0.4, -0.2) is 37.5 Å². The van der Waals surface area contributed by atoms with E-state index < -0.39 is 0 Å². The second kappa shape index (κ2) is 5.29. The molecule has 22 heavy (non-hydrogen) atoms. The number of imidazole rings is 1. The number of aromatic nitrogens is 4. The Balaban J connectivity index is 1.67. The number of carbonyl (C=O) groups excluding carboxylic acids is 1. The van der Waals surface area contributed by atoms with Crippen molar-refractivity contribution in [2.24, 2.45) is 0 Å². The van der Waals surface area contributed by atoms with Crippen molar-refractivity contribution in [3.63, 3.8) is 0 Å². The zero-order valence-electron chi connectivity index (χ0n) is 12.1. The monoisotopic (exact) mass is 295 g/mol. The van der Waals surface area contributed by atoms with E-state index in [1.807, 2.05) is 29.2 Å². The minimum atomic E-state index is 0.0656. The summed E-state index contributed by atoms with van der Waals surface area (Å²) in [6.07, 6.45) is 6.53. The highest BCUT2D eigenvalue weighted by Gasteiger charge is 2.29. The topological polar surface area (TPSA) is 77.7 Å². The van der Waals surface area contributed by atoms with E-state index in [1.54, 1.807) is 12.5 Å². The number of rotatable bonds is 2. The maximum Gasteiger partial charge on any atom is 0.254 e. The molecule has 112 valence electrons. The Hall–Kier alpha value is -2.63. The number of nitrogens with zero attached hydrogens (tertiary/aromatic N) is 3. The summed E-state index contributed by atoms with van der Waals surface area (Å²) in [7, 11) is 0. The molecule has 1 atom stereocenters. The van der Waals surface area contributed by atoms with Crippen molar-refractivity contribution in [2.45, 2.75) is 25.3 Å². The number of nitrogens with one attached hydrogen (secondary N) is 2. The van der Waals surface area contributed by atoms with Crippen molar-refractivity contribution in [2.75, 3.05) is 6.54 Å². The largest absolute Gasteiger partial charge is 0.345 e. The molecular formula is C16H17N5O. The molecule has 0 spiro atoms. The number of amides is 1. The molecular weight excluding hydrogens is 278 g/mol. The predicted molar refractivity (Wildman–Crippen MR) is 82.3 cm³/mol. The van der Waals surface area contributed by atoms with E-state index in [4.69, 9.17) is 0 Å². The number of hydrogen-bond acceptors (Lipinski definition) is 3. The number of likely N-dealkylation sites (tertiary alicyclic amines) is 1. The van der Waals surface area contributed by atoms with Crippen molar-refractivity contribution in [3.05, 3.63) is 48.0 Å². The van der Waals surface area contributed by atoms with Crippen LogP contribution >= 0.6 is 0 Å². The van der Waals surface area contributed by atoms with E-state index in [9.17, 15) is 4.79 Å². The van der Waals surface area contributed by atoms with Gasteiger partial charge in [0.2, 0.25) is 0 Å². The summed E-state index contributed by atoms with van der Waals surface area (Å²) < 4.78 is 0. The summed E-state index contributed by atoms with van der Waals surface area (Å²) in [6.45, 7) is 0.781. The zero-order valence-corrected chi connectivity index (χ0v) is 12.1. The summed E-state index contributed by atoms with van der Waals surface area (Å²) >= 11 is 0. The smallest absolute Gasteiger partial charge is 0.254 e. The van der Waals surface area contributed by atoms with Crippen molar-refractivity contribution in [1.29, 1.82) is 0 Å². The highest BCUT2D eigenvalue weighted by Crippen LogP contribution is 2.31. The molecule has 3 aromatic rings. The number of fused-ring (bicyclic) bond motifs is 1. The fourth-order valence-electron chi connectivity index (χ4n) is 3.18. The molecule has 4 rings (SSSR count). The van der Waals surface area contributed by atoms with Crippen LogP contribution in [0.2, 0.25) is 0 Å². The number of piperidine rings is 1. The third-order valence-electron chi connectivity index (χ3n) is 4.31. The molecule has 0 unspecified atom stereocenters. The average molecular weight is 295 g/mol. The van der Waals surface area contributed by atoms with Crippen LogP contribution in [0.5, 0.6) is 0 Å². The third-order valence-corrected chi connectivity index (χ3v) is 4.31. The standard InChI is InChI=1S/C16H17N5O/c22-16(11-4-5-12-14(9-11)18-10-17-12)21-8-2-1-3-15(21)13-6-7-19-20-13/h4-7,9-10,15H,1-3,8H2,(H,17,18)(H,19,20)/t15-/m1/s1. The van der Waals surface area contributed by atoms with Crippen LogP contribution in [0.25, 0.3) is 11.0 Å². The van der Waals surface area contributed by atoms with E-state index in [-0.39, 0.29) is 11.9 Å². The van der Waals surface area contributed by atoms with Crippen molar-refractivity contribution in [1.82, 2.24) is 25.1 Å². The van der Waals surface area contributed by atoms with E-state index in [0.717, 1.165) is 42.5 Å². The first kappa shape index (κ1) is 13.1. The molecule has 2 aromatic heterocycles. The van der Waals surface area contributed by atoms with Gasteiger partial charge in [-0.2, -0.15) is 5.10 Å². The molecule has 0 radical (unpaired) electrons. The molecule has 0 aliphatic carbocycles. The Morgan fingerprint density at radius 1 is 1.27 bits per heavy atom. The van der Waals surface area contributed by atoms with Gasteiger partial charge in [0.25, 0.3) is 5.91 Å². The second-order valence-electron chi connectivity index (χ2n) is 5.66. The Kier molecular flexibility index (Phi) is 3.14. The fourth-order valence-corrected chi connectivity index (χ4v) is 3.18. The highest BCUT2D eigenvalue weighted by molar-refractivity contribution is 5.97. The number of benzene rings is 1. The summed E-state index contributed by atoms with van der Waals surface area (Å²) in [6, 6.07) is 7.65. The maximum atomic E-state index is 12.9. The van der Waals surface area contributed by atoms with E-state index in [2.05, 4.69) is 20.2 Å². The van der Waals surface area contributed by atoms with Gasteiger partial charge in [-0.25, -0.2) is 4.98 Å². The molecule has 1 amide bonds. The van der Waals surface area contributed by atoms with Crippen LogP contribution in [-0.2, 0) is 0 Å². The highest BCUT2D eigenvalue weighted by atomic mass is 16.2. The number of H-pyrrole nitrogens is 2. The van der Waals surface area contributed by atoms with Gasteiger partial charge in [0.1, 0.15) is 0 Å². The lowest BCUT2D eigenvalue weighted by molar-refractivity contribution is 0.0606. The van der Waals surface area contributed by atoms with Gasteiger partial charge in [0.05, 0.1) is 29.1 Å². The molecule has 1 saturated heterocycles. The normalized spacial score (nSPS) is 18.7. The first-order valence-corrected chi connectivity index (χ1v) is 7.56. The molecule has 0 saturated carbocycles. The summed E-state index contributed by atoms with van der Waals surface area (Å²) in [5.41, 5.74) is 3.47. The summed E-state index contributed by atoms with van der Waals surface area (Å²) in [4.78, 5) is 22.1. The van der Waals surface area contributed by atoms with Crippen LogP contribution in [0.1, 0.15) is 41.4 Å². The summed E-state index contributed by atoms with van der Waals surface area (Å²) in [5, 5.41) is 7.03. The lowest BCUT2D eigenvalue weighted by Gasteiger charge is -2.35. The van der Waals surface area contributed by atoms with E-state index in [0.29, 0.717) is 5.56 Å². The van der Waals surface area contributed by atoms with Gasteiger partial charge in [0.15, 0.2) is 0 Å². The second-order valence-corrected chi connectivity index (χ2v) is 5.66. The molecule has 2 N–H and O–H groups in total. The minimum absolute atomic E-state index is 0.0656.